The van der Waals surface area contributed by atoms with E-state index in [1.165, 1.54) is 4.70 Å². The third-order valence-corrected chi connectivity index (χ3v) is 3.49. The first kappa shape index (κ1) is 12.3. The van der Waals surface area contributed by atoms with E-state index in [2.05, 4.69) is 46.5 Å². The number of nitrogens with one attached hydrogen (secondary N) is 1. The molecule has 2 heterocycles. The Morgan fingerprint density at radius 3 is 3.00 bits per heavy atom. The van der Waals surface area contributed by atoms with Crippen molar-refractivity contribution in [2.45, 2.75) is 19.9 Å². The van der Waals surface area contributed by atoms with Crippen molar-refractivity contribution in [3.63, 3.8) is 0 Å². The van der Waals surface area contributed by atoms with Crippen LogP contribution in [0.4, 0.5) is 5.82 Å². The van der Waals surface area contributed by atoms with Crippen LogP contribution >= 0.6 is 11.3 Å². The van der Waals surface area contributed by atoms with E-state index in [0.717, 1.165) is 24.4 Å². The number of hydrogen-bond donors (Lipinski definition) is 1. The topological polar surface area (TPSA) is 41.0 Å². The van der Waals surface area contributed by atoms with Gasteiger partial charge in [0.25, 0.3) is 0 Å². The Labute approximate surface area is 106 Å². The molecule has 2 rings (SSSR count). The number of likely N-dealkylation sites (N-methyl/N-ethyl adjacent to an activating group) is 1. The second kappa shape index (κ2) is 5.42. The Morgan fingerprint density at radius 2 is 2.24 bits per heavy atom. The van der Waals surface area contributed by atoms with Crippen molar-refractivity contribution in [2.24, 2.45) is 0 Å². The van der Waals surface area contributed by atoms with Crippen molar-refractivity contribution < 1.29 is 0 Å². The van der Waals surface area contributed by atoms with Gasteiger partial charge >= 0.3 is 0 Å². The molecule has 0 saturated heterocycles. The number of nitrogens with zero attached hydrogens (tertiary/aromatic N) is 3. The van der Waals surface area contributed by atoms with E-state index < -0.39 is 0 Å². The second-order valence-electron chi connectivity index (χ2n) is 4.36. The van der Waals surface area contributed by atoms with Crippen molar-refractivity contribution >= 4 is 27.4 Å². The van der Waals surface area contributed by atoms with Gasteiger partial charge in [0.2, 0.25) is 0 Å². The lowest BCUT2D eigenvalue weighted by atomic mass is 10.4. The van der Waals surface area contributed by atoms with Crippen LogP contribution in [0.15, 0.2) is 17.8 Å². The van der Waals surface area contributed by atoms with Gasteiger partial charge < -0.3 is 10.2 Å². The first-order valence-corrected chi connectivity index (χ1v) is 6.69. The summed E-state index contributed by atoms with van der Waals surface area (Å²) in [6.07, 6.45) is 1.64. The molecule has 2 aromatic heterocycles. The summed E-state index contributed by atoms with van der Waals surface area (Å²) in [5.74, 6) is 1.02. The predicted octanol–water partition coefficient (Wildman–Crippen LogP) is 2.13. The molecule has 5 heteroatoms. The molecule has 0 saturated carbocycles. The second-order valence-corrected chi connectivity index (χ2v) is 5.28. The maximum atomic E-state index is 4.37. The van der Waals surface area contributed by atoms with E-state index in [4.69, 9.17) is 0 Å². The van der Waals surface area contributed by atoms with E-state index in [-0.39, 0.29) is 0 Å². The average molecular weight is 250 g/mol. The molecule has 0 aromatic carbocycles. The number of rotatable bonds is 5. The third kappa shape index (κ3) is 2.92. The van der Waals surface area contributed by atoms with Crippen LogP contribution in [0.1, 0.15) is 13.8 Å². The van der Waals surface area contributed by atoms with Gasteiger partial charge in [-0.05, 0) is 11.4 Å². The molecule has 1 N–H and O–H groups in total. The maximum Gasteiger partial charge on any atom is 0.149 e. The summed E-state index contributed by atoms with van der Waals surface area (Å²) in [6.45, 7) is 6.22. The number of hydrogen-bond acceptors (Lipinski definition) is 5. The Kier molecular flexibility index (Phi) is 3.91. The molecule has 0 unspecified atom stereocenters. The van der Waals surface area contributed by atoms with Gasteiger partial charge in [-0.2, -0.15) is 0 Å². The summed E-state index contributed by atoms with van der Waals surface area (Å²) >= 11 is 1.69. The monoisotopic (exact) mass is 250 g/mol. The first-order chi connectivity index (χ1) is 8.18. The van der Waals surface area contributed by atoms with Crippen molar-refractivity contribution in [2.75, 3.05) is 25.0 Å². The van der Waals surface area contributed by atoms with Gasteiger partial charge in [0.05, 0.1) is 10.2 Å². The van der Waals surface area contributed by atoms with Gasteiger partial charge in [-0.15, -0.1) is 11.3 Å². The molecule has 0 radical (unpaired) electrons. The molecule has 17 heavy (non-hydrogen) atoms. The summed E-state index contributed by atoms with van der Waals surface area (Å²) in [6, 6.07) is 2.56. The van der Waals surface area contributed by atoms with E-state index in [0.29, 0.717) is 6.04 Å². The molecule has 0 amide bonds. The molecule has 0 aliphatic carbocycles. The zero-order chi connectivity index (χ0) is 12.3. The lowest BCUT2D eigenvalue weighted by molar-refractivity contribution is 0.588. The summed E-state index contributed by atoms with van der Waals surface area (Å²) in [4.78, 5) is 10.8. The molecule has 0 bridgehead atoms. The molecule has 2 aromatic rings. The molecular weight excluding hydrogens is 232 g/mol. The SMILES string of the molecule is CC(C)NCCN(C)c1ncnc2ccsc12. The van der Waals surface area contributed by atoms with Crippen LogP contribution in [0.25, 0.3) is 10.2 Å². The molecule has 0 fully saturated rings. The molecule has 0 aliphatic rings. The summed E-state index contributed by atoms with van der Waals surface area (Å²) < 4.78 is 1.17. The molecule has 92 valence electrons. The van der Waals surface area contributed by atoms with Crippen molar-refractivity contribution in [1.82, 2.24) is 15.3 Å². The van der Waals surface area contributed by atoms with E-state index in [1.807, 2.05) is 6.07 Å². The largest absolute Gasteiger partial charge is 0.357 e. The molecule has 4 nitrogen and oxygen atoms in total. The quantitative estimate of drug-likeness (QED) is 0.882. The minimum absolute atomic E-state index is 0.524. The van der Waals surface area contributed by atoms with Crippen LogP contribution in [-0.4, -0.2) is 36.1 Å². The molecule has 0 atom stereocenters. The van der Waals surface area contributed by atoms with Gasteiger partial charge in [0.1, 0.15) is 12.1 Å². The lowest BCUT2D eigenvalue weighted by Gasteiger charge is -2.19. The van der Waals surface area contributed by atoms with Crippen LogP contribution in [0.2, 0.25) is 0 Å². The Balaban J connectivity index is 2.08. The predicted molar refractivity (Wildman–Crippen MR) is 73.8 cm³/mol. The normalized spacial score (nSPS) is 11.3. The van der Waals surface area contributed by atoms with Gasteiger partial charge in [0.15, 0.2) is 0 Å². The summed E-state index contributed by atoms with van der Waals surface area (Å²) in [5.41, 5.74) is 1.03. The molecular formula is C12H18N4S. The number of anilines is 1. The Morgan fingerprint density at radius 1 is 1.41 bits per heavy atom. The van der Waals surface area contributed by atoms with Gasteiger partial charge in [0, 0.05) is 26.2 Å². The van der Waals surface area contributed by atoms with E-state index in [1.54, 1.807) is 17.7 Å². The third-order valence-electron chi connectivity index (χ3n) is 2.59. The highest BCUT2D eigenvalue weighted by atomic mass is 32.1. The minimum Gasteiger partial charge on any atom is -0.357 e. The molecule has 0 spiro atoms. The summed E-state index contributed by atoms with van der Waals surface area (Å²) in [5, 5.41) is 5.46. The van der Waals surface area contributed by atoms with Crippen molar-refractivity contribution in [3.05, 3.63) is 17.8 Å². The van der Waals surface area contributed by atoms with Gasteiger partial charge in [-0.1, -0.05) is 13.8 Å². The number of thiophene rings is 1. The first-order valence-electron chi connectivity index (χ1n) is 5.81. The fourth-order valence-electron chi connectivity index (χ4n) is 1.67. The van der Waals surface area contributed by atoms with Gasteiger partial charge in [-0.25, -0.2) is 9.97 Å². The highest BCUT2D eigenvalue weighted by Gasteiger charge is 2.09. The Bertz CT molecular complexity index is 480. The zero-order valence-corrected chi connectivity index (χ0v) is 11.3. The van der Waals surface area contributed by atoms with Crippen LogP contribution in [0.5, 0.6) is 0 Å². The minimum atomic E-state index is 0.524. The van der Waals surface area contributed by atoms with E-state index >= 15 is 0 Å². The number of aromatic nitrogens is 2. The van der Waals surface area contributed by atoms with Crippen molar-refractivity contribution in [1.29, 1.82) is 0 Å². The number of fused-ring (bicyclic) bond motifs is 1. The highest BCUT2D eigenvalue weighted by Crippen LogP contribution is 2.26. The Hall–Kier alpha value is -1.20. The fraction of sp³-hybridized carbons (Fsp3) is 0.500. The van der Waals surface area contributed by atoms with Gasteiger partial charge in [-0.3, -0.25) is 0 Å². The zero-order valence-electron chi connectivity index (χ0n) is 10.5. The lowest BCUT2D eigenvalue weighted by Crippen LogP contribution is -2.33. The van der Waals surface area contributed by atoms with E-state index in [9.17, 15) is 0 Å². The van der Waals surface area contributed by atoms with Crippen LogP contribution in [-0.2, 0) is 0 Å². The van der Waals surface area contributed by atoms with Crippen LogP contribution < -0.4 is 10.2 Å². The maximum absolute atomic E-state index is 4.37. The van der Waals surface area contributed by atoms with Crippen molar-refractivity contribution in [3.8, 4) is 0 Å². The average Bonchev–Trinajstić information content (AvgIpc) is 2.75. The fourth-order valence-corrected chi connectivity index (χ4v) is 2.56. The smallest absolute Gasteiger partial charge is 0.149 e. The summed E-state index contributed by atoms with van der Waals surface area (Å²) in [7, 11) is 2.07. The standard InChI is InChI=1S/C12H18N4S/c1-9(2)13-5-6-16(3)12-11-10(4-7-17-11)14-8-15-12/h4,7-9,13H,5-6H2,1-3H3. The highest BCUT2D eigenvalue weighted by molar-refractivity contribution is 7.17. The molecule has 0 aliphatic heterocycles. The van der Waals surface area contributed by atoms with Crippen LogP contribution in [0.3, 0.4) is 0 Å². The van der Waals surface area contributed by atoms with Crippen LogP contribution in [0, 0.1) is 0 Å².